The van der Waals surface area contributed by atoms with Crippen LogP contribution in [0.15, 0.2) is 0 Å². The molecule has 1 N–H and O–H groups in total. The fourth-order valence-corrected chi connectivity index (χ4v) is 1.49. The minimum Gasteiger partial charge on any atom is -0.481 e. The van der Waals surface area contributed by atoms with Crippen molar-refractivity contribution in [1.82, 2.24) is 0 Å². The number of carboxylic acid groups (broad SMARTS) is 1. The van der Waals surface area contributed by atoms with Gasteiger partial charge in [0.2, 0.25) is 0 Å². The van der Waals surface area contributed by atoms with E-state index >= 15 is 0 Å². The first-order valence-electron chi connectivity index (χ1n) is 5.05. The Balaban J connectivity index is 3.69. The minimum atomic E-state index is -0.686. The van der Waals surface area contributed by atoms with Gasteiger partial charge in [-0.1, -0.05) is 40.5 Å². The molecule has 0 fully saturated rings. The van der Waals surface area contributed by atoms with E-state index < -0.39 is 5.97 Å². The van der Waals surface area contributed by atoms with E-state index in [1.54, 1.807) is 0 Å². The van der Waals surface area contributed by atoms with Gasteiger partial charge in [-0.3, -0.25) is 4.79 Å². The monoisotopic (exact) mass is 186 g/mol. The molecule has 0 aromatic heterocycles. The quantitative estimate of drug-likeness (QED) is 0.691. The molecule has 2 heteroatoms. The molecule has 78 valence electrons. The number of hydrogen-bond acceptors (Lipinski definition) is 1. The van der Waals surface area contributed by atoms with E-state index in [4.69, 9.17) is 5.11 Å². The molecule has 0 spiro atoms. The van der Waals surface area contributed by atoms with Gasteiger partial charge >= 0.3 is 5.97 Å². The Morgan fingerprint density at radius 2 is 1.92 bits per heavy atom. The average molecular weight is 186 g/mol. The van der Waals surface area contributed by atoms with Gasteiger partial charge < -0.3 is 5.11 Å². The summed E-state index contributed by atoms with van der Waals surface area (Å²) >= 11 is 0. The largest absolute Gasteiger partial charge is 0.481 e. The van der Waals surface area contributed by atoms with Gasteiger partial charge in [0, 0.05) is 0 Å². The van der Waals surface area contributed by atoms with Crippen LogP contribution < -0.4 is 0 Å². The summed E-state index contributed by atoms with van der Waals surface area (Å²) in [7, 11) is 0. The van der Waals surface area contributed by atoms with Crippen LogP contribution in [0.4, 0.5) is 0 Å². The Labute approximate surface area is 81.3 Å². The first kappa shape index (κ1) is 12.5. The third-order valence-electron chi connectivity index (χ3n) is 2.26. The van der Waals surface area contributed by atoms with Gasteiger partial charge in [0.05, 0.1) is 6.42 Å². The van der Waals surface area contributed by atoms with Crippen LogP contribution in [0.5, 0.6) is 0 Å². The summed E-state index contributed by atoms with van der Waals surface area (Å²) < 4.78 is 0. The van der Waals surface area contributed by atoms with Gasteiger partial charge in [0.15, 0.2) is 0 Å². The Hall–Kier alpha value is -0.530. The maximum Gasteiger partial charge on any atom is 0.303 e. The lowest BCUT2D eigenvalue weighted by Crippen LogP contribution is -2.16. The third kappa shape index (κ3) is 7.82. The van der Waals surface area contributed by atoms with Gasteiger partial charge in [-0.05, 0) is 17.8 Å². The molecule has 0 aliphatic heterocycles. The molecule has 0 aliphatic carbocycles. The van der Waals surface area contributed by atoms with E-state index in [2.05, 4.69) is 13.8 Å². The van der Waals surface area contributed by atoms with Gasteiger partial charge in [0.25, 0.3) is 0 Å². The molecule has 0 unspecified atom stereocenters. The Morgan fingerprint density at radius 1 is 1.38 bits per heavy atom. The minimum absolute atomic E-state index is 0.0409. The second kappa shape index (κ2) is 5.25. The fraction of sp³-hybridized carbons (Fsp3) is 0.909. The summed E-state index contributed by atoms with van der Waals surface area (Å²) in [5.41, 5.74) is -0.0409. The maximum atomic E-state index is 10.5. The molecule has 0 atom stereocenters. The van der Waals surface area contributed by atoms with Crippen molar-refractivity contribution in [3.8, 4) is 0 Å². The van der Waals surface area contributed by atoms with E-state index in [1.165, 1.54) is 6.42 Å². The molecule has 2 nitrogen and oxygen atoms in total. The molecule has 0 radical (unpaired) electrons. The molecule has 0 saturated heterocycles. The van der Waals surface area contributed by atoms with Crippen molar-refractivity contribution in [3.05, 3.63) is 0 Å². The zero-order valence-corrected chi connectivity index (χ0v) is 9.26. The van der Waals surface area contributed by atoms with Crippen LogP contribution in [-0.4, -0.2) is 11.1 Å². The first-order valence-corrected chi connectivity index (χ1v) is 5.05. The SMILES string of the molecule is CC(C)CCCC(C)(C)CC(=O)O. The lowest BCUT2D eigenvalue weighted by molar-refractivity contribution is -0.139. The van der Waals surface area contributed by atoms with Crippen molar-refractivity contribution < 1.29 is 9.90 Å². The summed E-state index contributed by atoms with van der Waals surface area (Å²) in [6.45, 7) is 8.46. The van der Waals surface area contributed by atoms with Crippen molar-refractivity contribution in [2.24, 2.45) is 11.3 Å². The zero-order chi connectivity index (χ0) is 10.5. The Kier molecular flexibility index (Phi) is 5.04. The predicted octanol–water partition coefficient (Wildman–Crippen LogP) is 3.31. The molecule has 13 heavy (non-hydrogen) atoms. The number of carboxylic acids is 1. The molecule has 0 bridgehead atoms. The van der Waals surface area contributed by atoms with E-state index in [-0.39, 0.29) is 11.8 Å². The number of rotatable bonds is 6. The van der Waals surface area contributed by atoms with Crippen LogP contribution in [0.25, 0.3) is 0 Å². The number of hydrogen-bond donors (Lipinski definition) is 1. The van der Waals surface area contributed by atoms with E-state index in [1.807, 2.05) is 13.8 Å². The molecule has 0 saturated carbocycles. The second-order valence-corrected chi connectivity index (χ2v) is 5.02. The van der Waals surface area contributed by atoms with Crippen LogP contribution >= 0.6 is 0 Å². The van der Waals surface area contributed by atoms with Crippen LogP contribution in [0, 0.1) is 11.3 Å². The van der Waals surface area contributed by atoms with Gasteiger partial charge in [0.1, 0.15) is 0 Å². The van der Waals surface area contributed by atoms with Gasteiger partial charge in [-0.2, -0.15) is 0 Å². The zero-order valence-electron chi connectivity index (χ0n) is 9.26. The maximum absolute atomic E-state index is 10.5. The summed E-state index contributed by atoms with van der Waals surface area (Å²) in [6, 6.07) is 0. The first-order chi connectivity index (χ1) is 5.83. The molecule has 0 heterocycles. The van der Waals surface area contributed by atoms with Crippen LogP contribution in [0.1, 0.15) is 53.4 Å². The topological polar surface area (TPSA) is 37.3 Å². The summed E-state index contributed by atoms with van der Waals surface area (Å²) in [5.74, 6) is 0.0372. The molecule has 0 aromatic carbocycles. The summed E-state index contributed by atoms with van der Waals surface area (Å²) in [5, 5.41) is 8.66. The molecular formula is C11H22O2. The Morgan fingerprint density at radius 3 is 2.31 bits per heavy atom. The average Bonchev–Trinajstić information content (AvgIpc) is 1.81. The van der Waals surface area contributed by atoms with Crippen LogP contribution in [0.2, 0.25) is 0 Å². The standard InChI is InChI=1S/C11H22O2/c1-9(2)6-5-7-11(3,4)8-10(12)13/h9H,5-8H2,1-4H3,(H,12,13). The summed E-state index contributed by atoms with van der Waals surface area (Å²) in [4.78, 5) is 10.5. The van der Waals surface area contributed by atoms with Crippen LogP contribution in [0.3, 0.4) is 0 Å². The summed E-state index contributed by atoms with van der Waals surface area (Å²) in [6.07, 6.45) is 3.63. The fourth-order valence-electron chi connectivity index (χ4n) is 1.49. The normalized spacial score (nSPS) is 12.1. The highest BCUT2D eigenvalue weighted by Gasteiger charge is 2.20. The molecule has 0 amide bonds. The highest BCUT2D eigenvalue weighted by atomic mass is 16.4. The van der Waals surface area contributed by atoms with Gasteiger partial charge in [-0.25, -0.2) is 0 Å². The van der Waals surface area contributed by atoms with Gasteiger partial charge in [-0.15, -0.1) is 0 Å². The molecular weight excluding hydrogens is 164 g/mol. The highest BCUT2D eigenvalue weighted by molar-refractivity contribution is 5.67. The smallest absolute Gasteiger partial charge is 0.303 e. The second-order valence-electron chi connectivity index (χ2n) is 5.02. The third-order valence-corrected chi connectivity index (χ3v) is 2.26. The van der Waals surface area contributed by atoms with E-state index in [9.17, 15) is 4.79 Å². The molecule has 0 rings (SSSR count). The number of carbonyl (C=O) groups is 1. The van der Waals surface area contributed by atoms with Crippen LogP contribution in [-0.2, 0) is 4.79 Å². The highest BCUT2D eigenvalue weighted by Crippen LogP contribution is 2.28. The van der Waals surface area contributed by atoms with Crippen molar-refractivity contribution in [1.29, 1.82) is 0 Å². The number of aliphatic carboxylic acids is 1. The van der Waals surface area contributed by atoms with Crippen molar-refractivity contribution in [3.63, 3.8) is 0 Å². The van der Waals surface area contributed by atoms with Crippen molar-refractivity contribution >= 4 is 5.97 Å². The lowest BCUT2D eigenvalue weighted by Gasteiger charge is -2.22. The van der Waals surface area contributed by atoms with E-state index in [0.29, 0.717) is 0 Å². The predicted molar refractivity (Wildman–Crippen MR) is 54.7 cm³/mol. The molecule has 0 aromatic rings. The lowest BCUT2D eigenvalue weighted by atomic mass is 9.83. The molecule has 0 aliphatic rings. The van der Waals surface area contributed by atoms with Crippen molar-refractivity contribution in [2.75, 3.05) is 0 Å². The van der Waals surface area contributed by atoms with Crippen molar-refractivity contribution in [2.45, 2.75) is 53.4 Å². The Bertz CT molecular complexity index is 159. The van der Waals surface area contributed by atoms with E-state index in [0.717, 1.165) is 18.8 Å².